The van der Waals surface area contributed by atoms with Gasteiger partial charge in [-0.2, -0.15) is 9.78 Å². The van der Waals surface area contributed by atoms with Crippen LogP contribution in [0, 0.1) is 9.39 Å². The van der Waals surface area contributed by atoms with Gasteiger partial charge < -0.3 is 9.47 Å². The molecule has 0 spiro atoms. The first-order valence-corrected chi connectivity index (χ1v) is 13.8. The fourth-order valence-corrected chi connectivity index (χ4v) is 4.89. The highest BCUT2D eigenvalue weighted by atomic mass is 127. The molecule has 0 aliphatic heterocycles. The summed E-state index contributed by atoms with van der Waals surface area (Å²) in [5.41, 5.74) is 1.87. The van der Waals surface area contributed by atoms with Crippen molar-refractivity contribution in [2.45, 2.75) is 39.7 Å². The van der Waals surface area contributed by atoms with Crippen molar-refractivity contribution >= 4 is 55.6 Å². The lowest BCUT2D eigenvalue weighted by molar-refractivity contribution is 0.267. The molecule has 0 saturated heterocycles. The molecule has 192 valence electrons. The number of nitrogens with zero attached hydrogens (tertiary/aromatic N) is 3. The number of benzene rings is 3. The Kier molecular flexibility index (Phi) is 8.96. The van der Waals surface area contributed by atoms with Crippen LogP contribution < -0.4 is 15.0 Å². The fourth-order valence-electron chi connectivity index (χ4n) is 3.75. The monoisotopic (exact) mass is 677 g/mol. The van der Waals surface area contributed by atoms with E-state index in [9.17, 15) is 9.18 Å². The van der Waals surface area contributed by atoms with Gasteiger partial charge in [-0.15, -0.1) is 0 Å². The van der Waals surface area contributed by atoms with Crippen molar-refractivity contribution in [1.29, 1.82) is 0 Å². The SMILES string of the molecule is CCOc1cc(C=Nn2c([C@@H](C)CC)nc3ccc(Br)cc3c2=O)cc(I)c1OCc1cccc(F)c1. The fraction of sp³-hybridized carbons (Fsp3) is 0.250. The Morgan fingerprint density at radius 2 is 1.97 bits per heavy atom. The second-order valence-corrected chi connectivity index (χ2v) is 10.6. The minimum atomic E-state index is -0.310. The van der Waals surface area contributed by atoms with Crippen molar-refractivity contribution in [1.82, 2.24) is 9.66 Å². The first-order valence-electron chi connectivity index (χ1n) is 11.9. The molecule has 0 unspecified atom stereocenters. The van der Waals surface area contributed by atoms with Gasteiger partial charge in [0.05, 0.1) is 27.3 Å². The Hall–Kier alpha value is -2.79. The van der Waals surface area contributed by atoms with E-state index >= 15 is 0 Å². The van der Waals surface area contributed by atoms with E-state index in [-0.39, 0.29) is 23.9 Å². The molecule has 1 heterocycles. The average molecular weight is 678 g/mol. The molecule has 0 N–H and O–H groups in total. The zero-order valence-corrected chi connectivity index (χ0v) is 24.4. The summed E-state index contributed by atoms with van der Waals surface area (Å²) >= 11 is 5.61. The third kappa shape index (κ3) is 6.38. The van der Waals surface area contributed by atoms with Crippen LogP contribution in [0.5, 0.6) is 11.5 Å². The predicted octanol–water partition coefficient (Wildman–Crippen LogP) is 7.28. The Balaban J connectivity index is 1.71. The van der Waals surface area contributed by atoms with E-state index in [1.165, 1.54) is 16.8 Å². The quantitative estimate of drug-likeness (QED) is 0.138. The van der Waals surface area contributed by atoms with E-state index in [2.05, 4.69) is 50.5 Å². The first-order chi connectivity index (χ1) is 17.8. The Bertz CT molecular complexity index is 1520. The number of fused-ring (bicyclic) bond motifs is 1. The largest absolute Gasteiger partial charge is 0.490 e. The topological polar surface area (TPSA) is 65.7 Å². The zero-order valence-electron chi connectivity index (χ0n) is 20.7. The summed E-state index contributed by atoms with van der Waals surface area (Å²) in [6.45, 7) is 6.61. The van der Waals surface area contributed by atoms with Crippen molar-refractivity contribution in [3.05, 3.63) is 95.8 Å². The van der Waals surface area contributed by atoms with Crippen LogP contribution in [-0.2, 0) is 6.61 Å². The Labute approximate surface area is 236 Å². The molecule has 0 fully saturated rings. The number of halogens is 3. The molecule has 3 aromatic carbocycles. The number of hydrogen-bond donors (Lipinski definition) is 0. The van der Waals surface area contributed by atoms with Gasteiger partial charge in [-0.05, 0) is 89.5 Å². The summed E-state index contributed by atoms with van der Waals surface area (Å²) in [6, 6.07) is 15.5. The van der Waals surface area contributed by atoms with Crippen LogP contribution in [0.2, 0.25) is 0 Å². The second kappa shape index (κ2) is 12.2. The van der Waals surface area contributed by atoms with Gasteiger partial charge in [0.1, 0.15) is 18.2 Å². The molecule has 1 aromatic heterocycles. The molecule has 0 amide bonds. The highest BCUT2D eigenvalue weighted by Gasteiger charge is 2.16. The summed E-state index contributed by atoms with van der Waals surface area (Å²) in [7, 11) is 0. The summed E-state index contributed by atoms with van der Waals surface area (Å²) < 4.78 is 28.4. The second-order valence-electron chi connectivity index (χ2n) is 8.48. The molecule has 0 aliphatic rings. The Morgan fingerprint density at radius 1 is 1.16 bits per heavy atom. The van der Waals surface area contributed by atoms with Gasteiger partial charge in [0.25, 0.3) is 5.56 Å². The van der Waals surface area contributed by atoms with Crippen molar-refractivity contribution in [2.24, 2.45) is 5.10 Å². The molecule has 0 radical (unpaired) electrons. The summed E-state index contributed by atoms with van der Waals surface area (Å²) in [5, 5.41) is 5.05. The maximum absolute atomic E-state index is 13.6. The van der Waals surface area contributed by atoms with Gasteiger partial charge in [-0.25, -0.2) is 9.37 Å². The number of ether oxygens (including phenoxy) is 2. The van der Waals surface area contributed by atoms with E-state index in [1.54, 1.807) is 24.4 Å². The lowest BCUT2D eigenvalue weighted by Gasteiger charge is -2.15. The lowest BCUT2D eigenvalue weighted by Crippen LogP contribution is -2.23. The minimum absolute atomic E-state index is 0.0376. The van der Waals surface area contributed by atoms with Crippen LogP contribution in [0.25, 0.3) is 10.9 Å². The van der Waals surface area contributed by atoms with Crippen LogP contribution in [0.3, 0.4) is 0 Å². The smallest absolute Gasteiger partial charge is 0.282 e. The van der Waals surface area contributed by atoms with Crippen LogP contribution >= 0.6 is 38.5 Å². The van der Waals surface area contributed by atoms with Crippen molar-refractivity contribution in [3.63, 3.8) is 0 Å². The van der Waals surface area contributed by atoms with Crippen molar-refractivity contribution in [3.8, 4) is 11.5 Å². The van der Waals surface area contributed by atoms with Crippen LogP contribution in [0.4, 0.5) is 4.39 Å². The molecule has 0 saturated carbocycles. The highest BCUT2D eigenvalue weighted by molar-refractivity contribution is 14.1. The maximum atomic E-state index is 13.6. The van der Waals surface area contributed by atoms with Crippen LogP contribution in [0.1, 0.15) is 50.1 Å². The molecule has 0 bridgehead atoms. The lowest BCUT2D eigenvalue weighted by atomic mass is 10.1. The Morgan fingerprint density at radius 3 is 2.70 bits per heavy atom. The minimum Gasteiger partial charge on any atom is -0.490 e. The van der Waals surface area contributed by atoms with Crippen molar-refractivity contribution < 1.29 is 13.9 Å². The van der Waals surface area contributed by atoms with E-state index in [1.807, 2.05) is 38.1 Å². The molecule has 6 nitrogen and oxygen atoms in total. The maximum Gasteiger partial charge on any atom is 0.282 e. The molecular formula is C28H26BrFIN3O3. The highest BCUT2D eigenvalue weighted by Crippen LogP contribution is 2.34. The van der Waals surface area contributed by atoms with Crippen LogP contribution in [0.15, 0.2) is 69.0 Å². The molecule has 37 heavy (non-hydrogen) atoms. The average Bonchev–Trinajstić information content (AvgIpc) is 2.87. The van der Waals surface area contributed by atoms with Gasteiger partial charge in [0.15, 0.2) is 11.5 Å². The number of hydrogen-bond acceptors (Lipinski definition) is 5. The van der Waals surface area contributed by atoms with Gasteiger partial charge in [-0.3, -0.25) is 4.79 Å². The zero-order chi connectivity index (χ0) is 26.5. The summed E-state index contributed by atoms with van der Waals surface area (Å²) in [6.07, 6.45) is 2.44. The van der Waals surface area contributed by atoms with E-state index in [0.717, 1.165) is 25.6 Å². The van der Waals surface area contributed by atoms with Crippen LogP contribution in [-0.4, -0.2) is 22.5 Å². The molecule has 0 aliphatic carbocycles. The van der Waals surface area contributed by atoms with Gasteiger partial charge in [-0.1, -0.05) is 41.9 Å². The van der Waals surface area contributed by atoms with Crippen molar-refractivity contribution in [2.75, 3.05) is 6.61 Å². The standard InChI is InChI=1S/C28H26BrFIN3O3/c1-4-17(3)27-33-24-10-9-20(29)14-22(24)28(35)34(27)32-15-19-12-23(31)26(25(13-19)36-5-2)37-16-18-7-6-8-21(30)11-18/h6-15,17H,4-5,16H2,1-3H3/t17-/m0/s1. The molecule has 9 heteroatoms. The normalized spacial score (nSPS) is 12.3. The summed E-state index contributed by atoms with van der Waals surface area (Å²) in [4.78, 5) is 18.1. The number of rotatable bonds is 9. The molecule has 1 atom stereocenters. The molecule has 4 rings (SSSR count). The van der Waals surface area contributed by atoms with Gasteiger partial charge in [0, 0.05) is 10.4 Å². The third-order valence-corrected chi connectivity index (χ3v) is 7.11. The van der Waals surface area contributed by atoms with Gasteiger partial charge >= 0.3 is 0 Å². The predicted molar refractivity (Wildman–Crippen MR) is 156 cm³/mol. The molecule has 4 aromatic rings. The van der Waals surface area contributed by atoms with E-state index in [4.69, 9.17) is 14.5 Å². The van der Waals surface area contributed by atoms with E-state index < -0.39 is 0 Å². The molecular weight excluding hydrogens is 652 g/mol. The van der Waals surface area contributed by atoms with E-state index in [0.29, 0.717) is 34.8 Å². The first kappa shape index (κ1) is 27.3. The van der Waals surface area contributed by atoms with Gasteiger partial charge in [0.2, 0.25) is 0 Å². The third-order valence-electron chi connectivity index (χ3n) is 5.81. The number of aromatic nitrogens is 2. The summed E-state index contributed by atoms with van der Waals surface area (Å²) in [5.74, 6) is 1.44.